The highest BCUT2D eigenvalue weighted by Gasteiger charge is 2.14. The highest BCUT2D eigenvalue weighted by Crippen LogP contribution is 2.18. The fourth-order valence-corrected chi connectivity index (χ4v) is 1.77. The van der Waals surface area contributed by atoms with E-state index in [-0.39, 0.29) is 35.8 Å². The number of hydrogen-bond acceptors (Lipinski definition) is 3. The van der Waals surface area contributed by atoms with Crippen molar-refractivity contribution in [2.75, 3.05) is 25.0 Å². The van der Waals surface area contributed by atoms with Crippen molar-refractivity contribution in [1.82, 2.24) is 4.90 Å². The summed E-state index contributed by atoms with van der Waals surface area (Å²) >= 11 is 5.63. The average Bonchev–Trinajstić information content (AvgIpc) is 2.32. The van der Waals surface area contributed by atoms with E-state index in [1.165, 1.54) is 12.1 Å². The molecule has 0 bridgehead atoms. The molecule has 0 heterocycles. The maximum Gasteiger partial charge on any atom is 0.238 e. The summed E-state index contributed by atoms with van der Waals surface area (Å²) in [5, 5.41) is 11.7. The fourth-order valence-electron chi connectivity index (χ4n) is 1.61. The first-order valence-corrected chi connectivity index (χ1v) is 6.41. The maximum atomic E-state index is 13.5. The average molecular weight is 289 g/mol. The van der Waals surface area contributed by atoms with Crippen molar-refractivity contribution in [3.8, 4) is 0 Å². The van der Waals surface area contributed by atoms with Gasteiger partial charge >= 0.3 is 0 Å². The van der Waals surface area contributed by atoms with Gasteiger partial charge in [0.15, 0.2) is 0 Å². The molecule has 0 fully saturated rings. The van der Waals surface area contributed by atoms with Crippen LogP contribution in [0.4, 0.5) is 10.1 Å². The highest BCUT2D eigenvalue weighted by atomic mass is 35.5. The van der Waals surface area contributed by atoms with Crippen molar-refractivity contribution in [1.29, 1.82) is 0 Å². The molecule has 0 unspecified atom stereocenters. The zero-order valence-corrected chi connectivity index (χ0v) is 11.7. The number of benzene rings is 1. The Labute approximate surface area is 117 Å². The van der Waals surface area contributed by atoms with Gasteiger partial charge in [0.1, 0.15) is 5.82 Å². The van der Waals surface area contributed by atoms with E-state index in [0.29, 0.717) is 6.54 Å². The van der Waals surface area contributed by atoms with Crippen LogP contribution in [0.5, 0.6) is 0 Å². The molecular formula is C13H18ClFN2O2. The zero-order chi connectivity index (χ0) is 14.4. The van der Waals surface area contributed by atoms with Gasteiger partial charge in [0.2, 0.25) is 5.91 Å². The summed E-state index contributed by atoms with van der Waals surface area (Å²) in [5.41, 5.74) is 0.0992. The number of amides is 1. The molecule has 1 aromatic rings. The second kappa shape index (κ2) is 7.43. The van der Waals surface area contributed by atoms with Crippen LogP contribution in [0, 0.1) is 5.82 Å². The van der Waals surface area contributed by atoms with Gasteiger partial charge in [-0.25, -0.2) is 4.39 Å². The number of halogens is 2. The smallest absolute Gasteiger partial charge is 0.238 e. The van der Waals surface area contributed by atoms with Gasteiger partial charge in [0.05, 0.1) is 18.8 Å². The van der Waals surface area contributed by atoms with Gasteiger partial charge in [-0.15, -0.1) is 0 Å². The van der Waals surface area contributed by atoms with Crippen molar-refractivity contribution < 1.29 is 14.3 Å². The Bertz CT molecular complexity index is 441. The van der Waals surface area contributed by atoms with E-state index in [9.17, 15) is 9.18 Å². The first-order valence-electron chi connectivity index (χ1n) is 6.04. The lowest BCUT2D eigenvalue weighted by Crippen LogP contribution is -2.39. The standard InChI is InChI=1S/C13H18ClFN2O2/c1-9(2)17(5-6-18)8-13(19)16-12-4-3-10(14)7-11(12)15/h3-4,7,9,18H,5-6,8H2,1-2H3,(H,16,19). The third kappa shape index (κ3) is 5.14. The van der Waals surface area contributed by atoms with E-state index in [1.807, 2.05) is 13.8 Å². The number of carbonyl (C=O) groups is 1. The van der Waals surface area contributed by atoms with Crippen LogP contribution in [-0.2, 0) is 4.79 Å². The molecule has 106 valence electrons. The lowest BCUT2D eigenvalue weighted by atomic mass is 10.3. The molecule has 0 spiro atoms. The molecule has 2 N–H and O–H groups in total. The summed E-state index contributed by atoms with van der Waals surface area (Å²) in [6, 6.07) is 4.19. The van der Waals surface area contributed by atoms with Crippen LogP contribution >= 0.6 is 11.6 Å². The van der Waals surface area contributed by atoms with Crippen molar-refractivity contribution in [2.24, 2.45) is 0 Å². The molecular weight excluding hydrogens is 271 g/mol. The SMILES string of the molecule is CC(C)N(CCO)CC(=O)Nc1ccc(Cl)cc1F. The Morgan fingerprint density at radius 2 is 2.21 bits per heavy atom. The van der Waals surface area contributed by atoms with Crippen LogP contribution in [0.1, 0.15) is 13.8 Å². The number of rotatable bonds is 6. The molecule has 1 aromatic carbocycles. The summed E-state index contributed by atoms with van der Waals surface area (Å²) in [7, 11) is 0. The number of carbonyl (C=O) groups excluding carboxylic acids is 1. The van der Waals surface area contributed by atoms with Gasteiger partial charge in [-0.05, 0) is 32.0 Å². The number of aliphatic hydroxyl groups is 1. The van der Waals surface area contributed by atoms with Gasteiger partial charge in [-0.2, -0.15) is 0 Å². The van der Waals surface area contributed by atoms with Crippen molar-refractivity contribution >= 4 is 23.2 Å². The van der Waals surface area contributed by atoms with Crippen LogP contribution in [0.25, 0.3) is 0 Å². The maximum absolute atomic E-state index is 13.5. The molecule has 1 rings (SSSR count). The van der Waals surface area contributed by atoms with Crippen LogP contribution in [0.2, 0.25) is 5.02 Å². The molecule has 0 aliphatic carbocycles. The Morgan fingerprint density at radius 3 is 2.74 bits per heavy atom. The van der Waals surface area contributed by atoms with Gasteiger partial charge < -0.3 is 10.4 Å². The van der Waals surface area contributed by atoms with E-state index in [2.05, 4.69) is 5.32 Å². The van der Waals surface area contributed by atoms with E-state index in [4.69, 9.17) is 16.7 Å². The predicted molar refractivity (Wildman–Crippen MR) is 73.8 cm³/mol. The number of nitrogens with one attached hydrogen (secondary N) is 1. The molecule has 0 aliphatic rings. The first-order chi connectivity index (χ1) is 8.93. The quantitative estimate of drug-likeness (QED) is 0.843. The Kier molecular flexibility index (Phi) is 6.21. The molecule has 19 heavy (non-hydrogen) atoms. The molecule has 6 heteroatoms. The lowest BCUT2D eigenvalue weighted by molar-refractivity contribution is -0.117. The summed E-state index contributed by atoms with van der Waals surface area (Å²) in [5.74, 6) is -0.900. The minimum atomic E-state index is -0.570. The number of hydrogen-bond donors (Lipinski definition) is 2. The second-order valence-corrected chi connectivity index (χ2v) is 4.90. The largest absolute Gasteiger partial charge is 0.395 e. The summed E-state index contributed by atoms with van der Waals surface area (Å²) in [4.78, 5) is 13.6. The van der Waals surface area contributed by atoms with E-state index in [0.717, 1.165) is 6.07 Å². The third-order valence-corrected chi connectivity index (χ3v) is 2.90. The molecule has 0 aromatic heterocycles. The fraction of sp³-hybridized carbons (Fsp3) is 0.462. The normalized spacial score (nSPS) is 11.1. The van der Waals surface area contributed by atoms with E-state index >= 15 is 0 Å². The monoisotopic (exact) mass is 288 g/mol. The first kappa shape index (κ1) is 15.9. The van der Waals surface area contributed by atoms with Crippen LogP contribution in [0.15, 0.2) is 18.2 Å². The Morgan fingerprint density at radius 1 is 1.53 bits per heavy atom. The summed E-state index contributed by atoms with van der Waals surface area (Å²) in [6.45, 7) is 4.31. The second-order valence-electron chi connectivity index (χ2n) is 4.46. The summed E-state index contributed by atoms with van der Waals surface area (Å²) < 4.78 is 13.5. The van der Waals surface area contributed by atoms with Crippen molar-refractivity contribution in [3.63, 3.8) is 0 Å². The zero-order valence-electron chi connectivity index (χ0n) is 11.0. The topological polar surface area (TPSA) is 52.6 Å². The van der Waals surface area contributed by atoms with Gasteiger partial charge in [-0.3, -0.25) is 9.69 Å². The molecule has 4 nitrogen and oxygen atoms in total. The van der Waals surface area contributed by atoms with Crippen molar-refractivity contribution in [3.05, 3.63) is 29.0 Å². The van der Waals surface area contributed by atoms with Gasteiger partial charge in [0, 0.05) is 17.6 Å². The number of aliphatic hydroxyl groups excluding tert-OH is 1. The minimum absolute atomic E-state index is 0.0270. The molecule has 0 saturated carbocycles. The van der Waals surface area contributed by atoms with Gasteiger partial charge in [0.25, 0.3) is 0 Å². The number of nitrogens with zero attached hydrogens (tertiary/aromatic N) is 1. The Balaban J connectivity index is 2.63. The molecule has 0 aliphatic heterocycles. The van der Waals surface area contributed by atoms with Crippen LogP contribution in [0.3, 0.4) is 0 Å². The van der Waals surface area contributed by atoms with E-state index < -0.39 is 5.82 Å². The Hall–Kier alpha value is -1.17. The lowest BCUT2D eigenvalue weighted by Gasteiger charge is -2.24. The molecule has 0 saturated heterocycles. The highest BCUT2D eigenvalue weighted by molar-refractivity contribution is 6.30. The molecule has 0 atom stereocenters. The third-order valence-electron chi connectivity index (χ3n) is 2.67. The number of anilines is 1. The predicted octanol–water partition coefficient (Wildman–Crippen LogP) is 2.12. The molecule has 1 amide bonds. The van der Waals surface area contributed by atoms with Gasteiger partial charge in [-0.1, -0.05) is 11.6 Å². The summed E-state index contributed by atoms with van der Waals surface area (Å²) in [6.07, 6.45) is 0. The molecule has 0 radical (unpaired) electrons. The van der Waals surface area contributed by atoms with Crippen LogP contribution < -0.4 is 5.32 Å². The minimum Gasteiger partial charge on any atom is -0.395 e. The van der Waals surface area contributed by atoms with Crippen LogP contribution in [-0.4, -0.2) is 41.7 Å². The van der Waals surface area contributed by atoms with E-state index in [1.54, 1.807) is 4.90 Å². The van der Waals surface area contributed by atoms with Crippen molar-refractivity contribution in [2.45, 2.75) is 19.9 Å².